The number of para-hydroxylation sites is 4. The highest BCUT2D eigenvalue weighted by Crippen LogP contribution is 2.37. The van der Waals surface area contributed by atoms with Gasteiger partial charge in [-0.3, -0.25) is 0 Å². The van der Waals surface area contributed by atoms with Crippen molar-refractivity contribution in [1.82, 2.24) is 0 Å². The van der Waals surface area contributed by atoms with Gasteiger partial charge in [0.1, 0.15) is 11.5 Å². The fourth-order valence-electron chi connectivity index (χ4n) is 2.29. The summed E-state index contributed by atoms with van der Waals surface area (Å²) in [6, 6.07) is 15.8. The Morgan fingerprint density at radius 1 is 0.667 bits per heavy atom. The average Bonchev–Trinajstić information content (AvgIpc) is 3.02. The first-order valence-electron chi connectivity index (χ1n) is 5.95. The molecule has 4 rings (SSSR count). The number of nitrogens with one attached hydrogen (secondary N) is 2. The maximum Gasteiger partial charge on any atom is 0.226 e. The van der Waals surface area contributed by atoms with E-state index in [1.54, 1.807) is 0 Å². The molecule has 0 aliphatic carbocycles. The number of hydrogen-bond acceptors (Lipinski definition) is 4. The second-order valence-electron chi connectivity index (χ2n) is 4.36. The van der Waals surface area contributed by atoms with Gasteiger partial charge in [-0.1, -0.05) is 24.3 Å². The van der Waals surface area contributed by atoms with Crippen molar-refractivity contribution in [3.63, 3.8) is 0 Å². The predicted octanol–water partition coefficient (Wildman–Crippen LogP) is 2.65. The van der Waals surface area contributed by atoms with Crippen LogP contribution < -0.4 is 20.1 Å². The summed E-state index contributed by atoms with van der Waals surface area (Å²) < 4.78 is 11.6. The van der Waals surface area contributed by atoms with Gasteiger partial charge in [0, 0.05) is 0 Å². The molecular weight excluding hydrogens is 228 g/mol. The maximum absolute atomic E-state index is 5.82. The van der Waals surface area contributed by atoms with Crippen molar-refractivity contribution in [1.29, 1.82) is 0 Å². The van der Waals surface area contributed by atoms with Crippen LogP contribution in [0.1, 0.15) is 0 Å². The Morgan fingerprint density at radius 2 is 1.11 bits per heavy atom. The first kappa shape index (κ1) is 9.65. The van der Waals surface area contributed by atoms with Gasteiger partial charge in [-0.2, -0.15) is 0 Å². The van der Waals surface area contributed by atoms with Crippen molar-refractivity contribution in [3.8, 4) is 11.5 Å². The van der Waals surface area contributed by atoms with E-state index in [0.717, 1.165) is 22.9 Å². The molecule has 2 N–H and O–H groups in total. The highest BCUT2D eigenvalue weighted by molar-refractivity contribution is 5.63. The van der Waals surface area contributed by atoms with Gasteiger partial charge < -0.3 is 20.1 Å². The number of anilines is 2. The lowest BCUT2D eigenvalue weighted by atomic mass is 10.3. The molecule has 0 unspecified atom stereocenters. The number of rotatable bonds is 1. The van der Waals surface area contributed by atoms with Crippen LogP contribution in [0.5, 0.6) is 11.5 Å². The molecule has 2 aliphatic heterocycles. The van der Waals surface area contributed by atoms with Crippen LogP contribution in [0.15, 0.2) is 48.5 Å². The molecule has 0 fully saturated rings. The van der Waals surface area contributed by atoms with Crippen molar-refractivity contribution in [3.05, 3.63) is 48.5 Å². The zero-order valence-electron chi connectivity index (χ0n) is 9.59. The molecule has 4 nitrogen and oxygen atoms in total. The van der Waals surface area contributed by atoms with E-state index >= 15 is 0 Å². The van der Waals surface area contributed by atoms with E-state index in [-0.39, 0.29) is 12.5 Å². The lowest BCUT2D eigenvalue weighted by molar-refractivity contribution is 0.113. The molecule has 4 heteroatoms. The van der Waals surface area contributed by atoms with E-state index in [9.17, 15) is 0 Å². The molecule has 0 radical (unpaired) electrons. The molecule has 2 heterocycles. The molecule has 0 bridgehead atoms. The second-order valence-corrected chi connectivity index (χ2v) is 4.36. The lowest BCUT2D eigenvalue weighted by Gasteiger charge is -2.18. The van der Waals surface area contributed by atoms with E-state index < -0.39 is 0 Å². The van der Waals surface area contributed by atoms with Crippen molar-refractivity contribution in [2.75, 3.05) is 10.6 Å². The zero-order chi connectivity index (χ0) is 11.9. The van der Waals surface area contributed by atoms with Crippen LogP contribution >= 0.6 is 0 Å². The SMILES string of the molecule is c1ccc2c(c1)N[C@@H]([C@@H]1Nc3ccccc3O1)O2. The number of fused-ring (bicyclic) bond motifs is 2. The molecule has 90 valence electrons. The van der Waals surface area contributed by atoms with Gasteiger partial charge in [0.2, 0.25) is 12.5 Å². The van der Waals surface area contributed by atoms with Crippen molar-refractivity contribution < 1.29 is 9.47 Å². The van der Waals surface area contributed by atoms with Gasteiger partial charge >= 0.3 is 0 Å². The van der Waals surface area contributed by atoms with Gasteiger partial charge in [-0.25, -0.2) is 0 Å². The Kier molecular flexibility index (Phi) is 1.91. The highest BCUT2D eigenvalue weighted by Gasteiger charge is 2.35. The standard InChI is InChI=1S/C14H12N2O2/c1-3-7-11-9(5-1)15-13(17-11)14-16-10-6-2-4-8-12(10)18-14/h1-8,13-16H/t13-,14-/m1/s1. The Hall–Kier alpha value is -2.36. The monoisotopic (exact) mass is 240 g/mol. The molecular formula is C14H12N2O2. The third-order valence-corrected chi connectivity index (χ3v) is 3.15. The van der Waals surface area contributed by atoms with Gasteiger partial charge in [0.05, 0.1) is 11.4 Å². The van der Waals surface area contributed by atoms with Crippen LogP contribution in [0.25, 0.3) is 0 Å². The normalized spacial score (nSPS) is 23.1. The topological polar surface area (TPSA) is 42.5 Å². The molecule has 18 heavy (non-hydrogen) atoms. The van der Waals surface area contributed by atoms with Crippen molar-refractivity contribution in [2.24, 2.45) is 0 Å². The molecule has 0 spiro atoms. The smallest absolute Gasteiger partial charge is 0.226 e. The Morgan fingerprint density at radius 3 is 1.56 bits per heavy atom. The third-order valence-electron chi connectivity index (χ3n) is 3.15. The highest BCUT2D eigenvalue weighted by atomic mass is 16.6. The Bertz CT molecular complexity index is 496. The maximum atomic E-state index is 5.82. The molecule has 2 aromatic rings. The zero-order valence-corrected chi connectivity index (χ0v) is 9.59. The van der Waals surface area contributed by atoms with Gasteiger partial charge in [0.15, 0.2) is 0 Å². The molecule has 2 aromatic carbocycles. The summed E-state index contributed by atoms with van der Waals surface area (Å²) in [5.41, 5.74) is 2.01. The summed E-state index contributed by atoms with van der Waals surface area (Å²) >= 11 is 0. The van der Waals surface area contributed by atoms with E-state index in [1.807, 2.05) is 48.5 Å². The summed E-state index contributed by atoms with van der Waals surface area (Å²) in [7, 11) is 0. The lowest BCUT2D eigenvalue weighted by Crippen LogP contribution is -2.41. The van der Waals surface area contributed by atoms with Crippen molar-refractivity contribution in [2.45, 2.75) is 12.5 Å². The van der Waals surface area contributed by atoms with E-state index in [0.29, 0.717) is 0 Å². The summed E-state index contributed by atoms with van der Waals surface area (Å²) in [5.74, 6) is 1.73. The largest absolute Gasteiger partial charge is 0.462 e. The van der Waals surface area contributed by atoms with Gasteiger partial charge in [-0.15, -0.1) is 0 Å². The van der Waals surface area contributed by atoms with Gasteiger partial charge in [0.25, 0.3) is 0 Å². The van der Waals surface area contributed by atoms with Crippen LogP contribution in [-0.4, -0.2) is 12.5 Å². The van der Waals surface area contributed by atoms with Crippen LogP contribution in [0, 0.1) is 0 Å². The molecule has 0 amide bonds. The third kappa shape index (κ3) is 1.39. The van der Waals surface area contributed by atoms with Crippen molar-refractivity contribution >= 4 is 11.4 Å². The van der Waals surface area contributed by atoms with Crippen LogP contribution in [-0.2, 0) is 0 Å². The quantitative estimate of drug-likeness (QED) is 0.804. The molecule has 0 saturated heterocycles. The van der Waals surface area contributed by atoms with Crippen LogP contribution in [0.2, 0.25) is 0 Å². The van der Waals surface area contributed by atoms with E-state index in [2.05, 4.69) is 10.6 Å². The van der Waals surface area contributed by atoms with Gasteiger partial charge in [-0.05, 0) is 24.3 Å². The minimum absolute atomic E-state index is 0.213. The van der Waals surface area contributed by atoms with E-state index in [4.69, 9.17) is 9.47 Å². The number of benzene rings is 2. The Balaban J connectivity index is 1.56. The fourth-order valence-corrected chi connectivity index (χ4v) is 2.29. The number of hydrogen-bond donors (Lipinski definition) is 2. The van der Waals surface area contributed by atoms with E-state index in [1.165, 1.54) is 0 Å². The minimum Gasteiger partial charge on any atom is -0.462 e. The molecule has 2 atom stereocenters. The summed E-state index contributed by atoms with van der Waals surface area (Å²) in [6.45, 7) is 0. The molecule has 0 aromatic heterocycles. The first-order chi connectivity index (χ1) is 8.90. The van der Waals surface area contributed by atoms with Crippen LogP contribution in [0.3, 0.4) is 0 Å². The average molecular weight is 240 g/mol. The summed E-state index contributed by atoms with van der Waals surface area (Å²) in [6.07, 6.45) is -0.426. The molecule has 2 aliphatic rings. The fraction of sp³-hybridized carbons (Fsp3) is 0.143. The summed E-state index contributed by atoms with van der Waals surface area (Å²) in [5, 5.41) is 6.60. The minimum atomic E-state index is -0.213. The summed E-state index contributed by atoms with van der Waals surface area (Å²) in [4.78, 5) is 0. The second kappa shape index (κ2) is 3.57. The first-order valence-corrected chi connectivity index (χ1v) is 5.95. The predicted molar refractivity (Wildman–Crippen MR) is 69.0 cm³/mol. The number of ether oxygens (including phenoxy) is 2. The Labute approximate surface area is 105 Å². The molecule has 0 saturated carbocycles. The van der Waals surface area contributed by atoms with Crippen LogP contribution in [0.4, 0.5) is 11.4 Å².